The molecule has 5 nitrogen and oxygen atoms in total. The third kappa shape index (κ3) is 2.16. The fourth-order valence-corrected chi connectivity index (χ4v) is 1.68. The van der Waals surface area contributed by atoms with Gasteiger partial charge in [-0.05, 0) is 18.5 Å². The van der Waals surface area contributed by atoms with Gasteiger partial charge in [-0.25, -0.2) is 4.79 Å². The summed E-state index contributed by atoms with van der Waals surface area (Å²) in [7, 11) is 1.31. The highest BCUT2D eigenvalue weighted by Gasteiger charge is 2.11. The van der Waals surface area contributed by atoms with E-state index in [0.717, 1.165) is 11.3 Å². The largest absolute Gasteiger partial charge is 0.453 e. The van der Waals surface area contributed by atoms with Crippen molar-refractivity contribution in [3.63, 3.8) is 0 Å². The number of rotatable bonds is 2. The Morgan fingerprint density at radius 1 is 1.77 bits per heavy atom. The van der Waals surface area contributed by atoms with E-state index in [1.54, 1.807) is 0 Å². The number of nitrogens with two attached hydrogens (primary N) is 1. The minimum absolute atomic E-state index is 0.363. The Balaban J connectivity index is 2.82. The van der Waals surface area contributed by atoms with Gasteiger partial charge in [0, 0.05) is 12.1 Å². The number of hydrogen-bond acceptors (Lipinski definition) is 5. The van der Waals surface area contributed by atoms with Crippen LogP contribution in [0, 0.1) is 6.92 Å². The van der Waals surface area contributed by atoms with Crippen LogP contribution in [-0.4, -0.2) is 17.6 Å². The summed E-state index contributed by atoms with van der Waals surface area (Å²) >= 11 is 1.20. The van der Waals surface area contributed by atoms with Crippen molar-refractivity contribution < 1.29 is 9.53 Å². The predicted octanol–water partition coefficient (Wildman–Crippen LogP) is 1.09. The lowest BCUT2D eigenvalue weighted by atomic mass is 10.2. The monoisotopic (exact) mass is 201 g/mol. The maximum absolute atomic E-state index is 10.9. The standard InChI is InChI=1S/C7H11N3O2S/c1-4-5(3-8)6(13-10-4)9-7(11)12-2/h3,8H2,1-2H3,(H,9,11). The quantitative estimate of drug-likeness (QED) is 0.750. The van der Waals surface area contributed by atoms with E-state index in [9.17, 15) is 4.79 Å². The van der Waals surface area contributed by atoms with Crippen LogP contribution < -0.4 is 11.1 Å². The molecule has 72 valence electrons. The molecule has 13 heavy (non-hydrogen) atoms. The number of ether oxygens (including phenoxy) is 1. The first kappa shape index (κ1) is 9.94. The first-order valence-corrected chi connectivity index (χ1v) is 4.46. The Bertz CT molecular complexity index is 311. The van der Waals surface area contributed by atoms with Crippen molar-refractivity contribution in [3.05, 3.63) is 11.3 Å². The summed E-state index contributed by atoms with van der Waals surface area (Å²) in [6.45, 7) is 2.21. The molecule has 0 spiro atoms. The highest BCUT2D eigenvalue weighted by Crippen LogP contribution is 2.23. The summed E-state index contributed by atoms with van der Waals surface area (Å²) in [5.41, 5.74) is 7.19. The summed E-state index contributed by atoms with van der Waals surface area (Å²) < 4.78 is 8.52. The van der Waals surface area contributed by atoms with Gasteiger partial charge in [-0.3, -0.25) is 5.32 Å². The first-order valence-electron chi connectivity index (χ1n) is 3.69. The predicted molar refractivity (Wildman–Crippen MR) is 50.8 cm³/mol. The number of aryl methyl sites for hydroxylation is 1. The lowest BCUT2D eigenvalue weighted by molar-refractivity contribution is 0.187. The van der Waals surface area contributed by atoms with Crippen molar-refractivity contribution in [1.29, 1.82) is 0 Å². The van der Waals surface area contributed by atoms with Crippen molar-refractivity contribution >= 4 is 22.6 Å². The molecule has 1 aromatic rings. The lowest BCUT2D eigenvalue weighted by Gasteiger charge is -2.02. The number of methoxy groups -OCH3 is 1. The van der Waals surface area contributed by atoms with Gasteiger partial charge in [0.1, 0.15) is 5.00 Å². The van der Waals surface area contributed by atoms with Gasteiger partial charge in [-0.15, -0.1) is 0 Å². The number of aromatic nitrogens is 1. The van der Waals surface area contributed by atoms with Gasteiger partial charge in [-0.1, -0.05) is 0 Å². The molecule has 1 amide bonds. The molecule has 0 saturated carbocycles. The molecule has 1 aromatic heterocycles. The van der Waals surface area contributed by atoms with Crippen LogP contribution in [-0.2, 0) is 11.3 Å². The average molecular weight is 201 g/mol. The summed E-state index contributed by atoms with van der Waals surface area (Å²) in [5, 5.41) is 3.21. The first-order chi connectivity index (χ1) is 6.19. The molecule has 0 radical (unpaired) electrons. The second-order valence-electron chi connectivity index (χ2n) is 2.40. The van der Waals surface area contributed by atoms with Gasteiger partial charge >= 0.3 is 6.09 Å². The molecule has 0 aliphatic heterocycles. The Morgan fingerprint density at radius 3 is 3.00 bits per heavy atom. The third-order valence-electron chi connectivity index (χ3n) is 1.59. The molecule has 0 aliphatic rings. The highest BCUT2D eigenvalue weighted by atomic mass is 32.1. The molecule has 0 fully saturated rings. The molecular formula is C7H11N3O2S. The Hall–Kier alpha value is -1.14. The average Bonchev–Trinajstić information content (AvgIpc) is 2.46. The van der Waals surface area contributed by atoms with Crippen LogP contribution >= 0.6 is 11.5 Å². The number of anilines is 1. The molecular weight excluding hydrogens is 190 g/mol. The molecule has 0 bridgehead atoms. The zero-order valence-electron chi connectivity index (χ0n) is 7.46. The molecule has 0 unspecified atom stereocenters. The smallest absolute Gasteiger partial charge is 0.412 e. The van der Waals surface area contributed by atoms with Crippen molar-refractivity contribution in [3.8, 4) is 0 Å². The normalized spacial score (nSPS) is 9.77. The molecule has 1 heterocycles. The van der Waals surface area contributed by atoms with Crippen LogP contribution in [0.3, 0.4) is 0 Å². The van der Waals surface area contributed by atoms with Crippen LogP contribution in [0.25, 0.3) is 0 Å². The van der Waals surface area contributed by atoms with E-state index in [1.807, 2.05) is 6.92 Å². The number of carbonyl (C=O) groups excluding carboxylic acids is 1. The summed E-state index contributed by atoms with van der Waals surface area (Å²) in [5.74, 6) is 0. The number of amides is 1. The fourth-order valence-electron chi connectivity index (χ4n) is 0.871. The molecule has 1 rings (SSSR count). The van der Waals surface area contributed by atoms with Crippen LogP contribution in [0.2, 0.25) is 0 Å². The highest BCUT2D eigenvalue weighted by molar-refractivity contribution is 7.10. The van der Waals surface area contributed by atoms with E-state index in [2.05, 4.69) is 14.4 Å². The maximum Gasteiger partial charge on any atom is 0.412 e. The Labute approximate surface area is 80.1 Å². The van der Waals surface area contributed by atoms with Crippen LogP contribution in [0.1, 0.15) is 11.3 Å². The van der Waals surface area contributed by atoms with Gasteiger partial charge < -0.3 is 10.5 Å². The van der Waals surface area contributed by atoms with E-state index in [4.69, 9.17) is 5.73 Å². The fraction of sp³-hybridized carbons (Fsp3) is 0.429. The van der Waals surface area contributed by atoms with E-state index in [0.29, 0.717) is 11.5 Å². The number of nitrogens with zero attached hydrogens (tertiary/aromatic N) is 1. The van der Waals surface area contributed by atoms with Gasteiger partial charge in [0.05, 0.1) is 12.8 Å². The third-order valence-corrected chi connectivity index (χ3v) is 2.49. The zero-order valence-corrected chi connectivity index (χ0v) is 8.27. The molecule has 6 heteroatoms. The van der Waals surface area contributed by atoms with Gasteiger partial charge in [-0.2, -0.15) is 4.37 Å². The van der Waals surface area contributed by atoms with E-state index < -0.39 is 6.09 Å². The van der Waals surface area contributed by atoms with Crippen LogP contribution in [0.4, 0.5) is 9.80 Å². The van der Waals surface area contributed by atoms with Crippen LogP contribution in [0.5, 0.6) is 0 Å². The van der Waals surface area contributed by atoms with Crippen molar-refractivity contribution in [1.82, 2.24) is 4.37 Å². The van der Waals surface area contributed by atoms with Gasteiger partial charge in [0.15, 0.2) is 0 Å². The minimum Gasteiger partial charge on any atom is -0.453 e. The summed E-state index contributed by atoms with van der Waals surface area (Å²) in [6.07, 6.45) is -0.502. The van der Waals surface area contributed by atoms with Crippen molar-refractivity contribution in [2.24, 2.45) is 5.73 Å². The summed E-state index contributed by atoms with van der Waals surface area (Å²) in [6, 6.07) is 0. The van der Waals surface area contributed by atoms with Gasteiger partial charge in [0.2, 0.25) is 0 Å². The molecule has 3 N–H and O–H groups in total. The molecule has 0 aromatic carbocycles. The maximum atomic E-state index is 10.9. The van der Waals surface area contributed by atoms with Crippen molar-refractivity contribution in [2.45, 2.75) is 13.5 Å². The second-order valence-corrected chi connectivity index (χ2v) is 3.17. The Morgan fingerprint density at radius 2 is 2.46 bits per heavy atom. The topological polar surface area (TPSA) is 77.2 Å². The number of hydrogen-bond donors (Lipinski definition) is 2. The molecule has 0 atom stereocenters. The number of nitrogens with one attached hydrogen (secondary N) is 1. The molecule has 0 saturated heterocycles. The van der Waals surface area contributed by atoms with Crippen LogP contribution in [0.15, 0.2) is 0 Å². The minimum atomic E-state index is -0.502. The van der Waals surface area contributed by atoms with E-state index in [-0.39, 0.29) is 0 Å². The lowest BCUT2D eigenvalue weighted by Crippen LogP contribution is -2.12. The number of carbonyl (C=O) groups is 1. The molecule has 0 aliphatic carbocycles. The SMILES string of the molecule is COC(=O)Nc1snc(C)c1CN. The summed E-state index contributed by atoms with van der Waals surface area (Å²) in [4.78, 5) is 10.9. The van der Waals surface area contributed by atoms with Gasteiger partial charge in [0.25, 0.3) is 0 Å². The van der Waals surface area contributed by atoms with E-state index in [1.165, 1.54) is 18.6 Å². The Kier molecular flexibility index (Phi) is 3.21. The van der Waals surface area contributed by atoms with E-state index >= 15 is 0 Å². The second kappa shape index (κ2) is 4.20. The zero-order chi connectivity index (χ0) is 9.84. The van der Waals surface area contributed by atoms with Crippen molar-refractivity contribution in [2.75, 3.05) is 12.4 Å².